The third kappa shape index (κ3) is 2.50. The van der Waals surface area contributed by atoms with Crippen LogP contribution in [0.5, 0.6) is 0 Å². The summed E-state index contributed by atoms with van der Waals surface area (Å²) in [6.45, 7) is 5.29. The summed E-state index contributed by atoms with van der Waals surface area (Å²) in [6.07, 6.45) is 5.94. The van der Waals surface area contributed by atoms with Crippen molar-refractivity contribution in [1.82, 2.24) is 20.1 Å². The standard InChI is InChI=1S/C15H22N4/c1-10-4-5-13(6-10)16-8-12-7-14-11(2)18-19(3)15(14)17-9-12/h7,9-10,13,16H,4-6,8H2,1-3H3. The molecule has 4 heteroatoms. The van der Waals surface area contributed by atoms with Gasteiger partial charge in [0.2, 0.25) is 0 Å². The van der Waals surface area contributed by atoms with E-state index in [1.54, 1.807) is 0 Å². The lowest BCUT2D eigenvalue weighted by molar-refractivity contribution is 0.502. The Morgan fingerprint density at radius 2 is 2.26 bits per heavy atom. The summed E-state index contributed by atoms with van der Waals surface area (Å²) in [4.78, 5) is 4.52. The summed E-state index contributed by atoms with van der Waals surface area (Å²) in [7, 11) is 1.94. The highest BCUT2D eigenvalue weighted by Crippen LogP contribution is 2.25. The number of fused-ring (bicyclic) bond motifs is 1. The second-order valence-electron chi connectivity index (χ2n) is 5.92. The number of hydrogen-bond donors (Lipinski definition) is 1. The molecule has 2 unspecified atom stereocenters. The quantitative estimate of drug-likeness (QED) is 0.920. The van der Waals surface area contributed by atoms with Crippen molar-refractivity contribution in [3.05, 3.63) is 23.5 Å². The molecule has 1 fully saturated rings. The number of aromatic nitrogens is 3. The molecule has 19 heavy (non-hydrogen) atoms. The van der Waals surface area contributed by atoms with Crippen LogP contribution in [0.25, 0.3) is 11.0 Å². The van der Waals surface area contributed by atoms with Gasteiger partial charge in [-0.15, -0.1) is 0 Å². The predicted octanol–water partition coefficient (Wildman–Crippen LogP) is 2.55. The van der Waals surface area contributed by atoms with E-state index in [0.717, 1.165) is 23.8 Å². The maximum atomic E-state index is 4.52. The fraction of sp³-hybridized carbons (Fsp3) is 0.600. The van der Waals surface area contributed by atoms with Gasteiger partial charge in [-0.05, 0) is 43.7 Å². The average Bonchev–Trinajstić information content (AvgIpc) is 2.92. The number of hydrogen-bond acceptors (Lipinski definition) is 3. The Labute approximate surface area is 114 Å². The maximum absolute atomic E-state index is 4.52. The summed E-state index contributed by atoms with van der Waals surface area (Å²) in [5.74, 6) is 0.874. The molecule has 0 amide bonds. The fourth-order valence-electron chi connectivity index (χ4n) is 3.10. The van der Waals surface area contributed by atoms with E-state index in [1.807, 2.05) is 24.9 Å². The number of aryl methyl sites for hydroxylation is 2. The van der Waals surface area contributed by atoms with Gasteiger partial charge in [-0.2, -0.15) is 5.10 Å². The zero-order chi connectivity index (χ0) is 13.4. The highest BCUT2D eigenvalue weighted by molar-refractivity contribution is 5.78. The Kier molecular flexibility index (Phi) is 3.27. The predicted molar refractivity (Wildman–Crippen MR) is 76.9 cm³/mol. The molecular weight excluding hydrogens is 236 g/mol. The molecular formula is C15H22N4. The van der Waals surface area contributed by atoms with Crippen LogP contribution in [-0.2, 0) is 13.6 Å². The molecule has 1 aliphatic rings. The van der Waals surface area contributed by atoms with Crippen LogP contribution >= 0.6 is 0 Å². The van der Waals surface area contributed by atoms with Crippen molar-refractivity contribution in [2.24, 2.45) is 13.0 Å². The van der Waals surface area contributed by atoms with Crippen molar-refractivity contribution in [1.29, 1.82) is 0 Å². The van der Waals surface area contributed by atoms with Crippen LogP contribution < -0.4 is 5.32 Å². The molecule has 1 aliphatic carbocycles. The summed E-state index contributed by atoms with van der Waals surface area (Å²) in [5.41, 5.74) is 3.28. The van der Waals surface area contributed by atoms with Crippen LogP contribution in [0.15, 0.2) is 12.3 Å². The van der Waals surface area contributed by atoms with E-state index in [0.29, 0.717) is 6.04 Å². The number of pyridine rings is 1. The second-order valence-corrected chi connectivity index (χ2v) is 5.92. The van der Waals surface area contributed by atoms with Gasteiger partial charge in [-0.3, -0.25) is 4.68 Å². The number of rotatable bonds is 3. The van der Waals surface area contributed by atoms with Gasteiger partial charge in [0.15, 0.2) is 5.65 Å². The summed E-state index contributed by atoms with van der Waals surface area (Å²) in [5, 5.41) is 9.23. The third-order valence-corrected chi connectivity index (χ3v) is 4.21. The lowest BCUT2D eigenvalue weighted by Gasteiger charge is -2.12. The maximum Gasteiger partial charge on any atom is 0.157 e. The molecule has 4 nitrogen and oxygen atoms in total. The van der Waals surface area contributed by atoms with Gasteiger partial charge in [0.1, 0.15) is 0 Å². The van der Waals surface area contributed by atoms with Gasteiger partial charge >= 0.3 is 0 Å². The monoisotopic (exact) mass is 258 g/mol. The van der Waals surface area contributed by atoms with Crippen molar-refractivity contribution in [2.75, 3.05) is 0 Å². The van der Waals surface area contributed by atoms with Crippen LogP contribution in [0.1, 0.15) is 37.4 Å². The molecule has 2 aromatic rings. The van der Waals surface area contributed by atoms with Crippen molar-refractivity contribution in [2.45, 2.75) is 45.7 Å². The van der Waals surface area contributed by atoms with Crippen molar-refractivity contribution in [3.8, 4) is 0 Å². The molecule has 1 N–H and O–H groups in total. The van der Waals surface area contributed by atoms with Gasteiger partial charge in [-0.1, -0.05) is 6.92 Å². The number of nitrogens with one attached hydrogen (secondary N) is 1. The molecule has 0 aliphatic heterocycles. The van der Waals surface area contributed by atoms with Crippen LogP contribution in [0, 0.1) is 12.8 Å². The van der Waals surface area contributed by atoms with Gasteiger partial charge in [0.25, 0.3) is 0 Å². The minimum Gasteiger partial charge on any atom is -0.310 e. The van der Waals surface area contributed by atoms with Gasteiger partial charge in [-0.25, -0.2) is 4.98 Å². The molecule has 1 saturated carbocycles. The molecule has 2 heterocycles. The first kappa shape index (κ1) is 12.6. The molecule has 0 saturated heterocycles. The lowest BCUT2D eigenvalue weighted by Crippen LogP contribution is -2.25. The second kappa shape index (κ2) is 4.93. The van der Waals surface area contributed by atoms with Crippen molar-refractivity contribution >= 4 is 11.0 Å². The first-order valence-corrected chi connectivity index (χ1v) is 7.15. The van der Waals surface area contributed by atoms with Crippen LogP contribution in [0.4, 0.5) is 0 Å². The van der Waals surface area contributed by atoms with E-state index < -0.39 is 0 Å². The van der Waals surface area contributed by atoms with E-state index in [-0.39, 0.29) is 0 Å². The summed E-state index contributed by atoms with van der Waals surface area (Å²) < 4.78 is 1.85. The lowest BCUT2D eigenvalue weighted by atomic mass is 10.1. The Hall–Kier alpha value is -1.42. The molecule has 0 radical (unpaired) electrons. The summed E-state index contributed by atoms with van der Waals surface area (Å²) in [6, 6.07) is 2.90. The summed E-state index contributed by atoms with van der Waals surface area (Å²) >= 11 is 0. The Balaban J connectivity index is 1.73. The molecule has 0 spiro atoms. The van der Waals surface area contributed by atoms with Crippen molar-refractivity contribution in [3.63, 3.8) is 0 Å². The van der Waals surface area contributed by atoms with Crippen LogP contribution in [0.3, 0.4) is 0 Å². The topological polar surface area (TPSA) is 42.7 Å². The van der Waals surface area contributed by atoms with Crippen LogP contribution in [0.2, 0.25) is 0 Å². The molecule has 0 aromatic carbocycles. The largest absolute Gasteiger partial charge is 0.310 e. The molecule has 0 bridgehead atoms. The van der Waals surface area contributed by atoms with Gasteiger partial charge in [0, 0.05) is 31.2 Å². The molecule has 3 rings (SSSR count). The zero-order valence-corrected chi connectivity index (χ0v) is 12.0. The Morgan fingerprint density at radius 1 is 1.42 bits per heavy atom. The van der Waals surface area contributed by atoms with E-state index in [9.17, 15) is 0 Å². The van der Waals surface area contributed by atoms with E-state index in [4.69, 9.17) is 0 Å². The molecule has 2 aromatic heterocycles. The Bertz CT molecular complexity index is 587. The highest BCUT2D eigenvalue weighted by atomic mass is 15.3. The van der Waals surface area contributed by atoms with E-state index in [1.165, 1.54) is 30.2 Å². The highest BCUT2D eigenvalue weighted by Gasteiger charge is 2.20. The minimum atomic E-state index is 0.681. The van der Waals surface area contributed by atoms with Gasteiger partial charge in [0.05, 0.1) is 5.69 Å². The normalized spacial score (nSPS) is 23.3. The third-order valence-electron chi connectivity index (χ3n) is 4.21. The van der Waals surface area contributed by atoms with Crippen LogP contribution in [-0.4, -0.2) is 20.8 Å². The molecule has 2 atom stereocenters. The zero-order valence-electron chi connectivity index (χ0n) is 12.0. The average molecular weight is 258 g/mol. The first-order chi connectivity index (χ1) is 9.13. The van der Waals surface area contributed by atoms with Crippen molar-refractivity contribution < 1.29 is 0 Å². The smallest absolute Gasteiger partial charge is 0.157 e. The van der Waals surface area contributed by atoms with Gasteiger partial charge < -0.3 is 5.32 Å². The Morgan fingerprint density at radius 3 is 3.00 bits per heavy atom. The minimum absolute atomic E-state index is 0.681. The first-order valence-electron chi connectivity index (χ1n) is 7.15. The number of nitrogens with zero attached hydrogens (tertiary/aromatic N) is 3. The van der Waals surface area contributed by atoms with E-state index >= 15 is 0 Å². The van der Waals surface area contributed by atoms with E-state index in [2.05, 4.69) is 28.4 Å². The SMILES string of the molecule is Cc1nn(C)c2ncc(CNC3CCC(C)C3)cc12. The molecule has 102 valence electrons. The fourth-order valence-corrected chi connectivity index (χ4v) is 3.10.